The monoisotopic (exact) mass is 1250 g/mol. The molecule has 27 heteroatoms. The van der Waals surface area contributed by atoms with Gasteiger partial charge in [0.25, 0.3) is 29.5 Å². The van der Waals surface area contributed by atoms with Gasteiger partial charge in [-0.2, -0.15) is 10.2 Å². The van der Waals surface area contributed by atoms with Crippen LogP contribution in [0, 0.1) is 23.3 Å². The summed E-state index contributed by atoms with van der Waals surface area (Å²) in [4.78, 5) is 111. The molecule has 0 aliphatic carbocycles. The number of hydrogen-bond acceptors (Lipinski definition) is 13. The number of para-hydroxylation sites is 2. The Kier molecular flexibility index (Phi) is 19.5. The number of carbonyl (C=O) groups is 8. The number of benzene rings is 6. The Labute approximate surface area is 510 Å². The summed E-state index contributed by atoms with van der Waals surface area (Å²) in [5.74, 6) is -9.67. The van der Waals surface area contributed by atoms with E-state index in [1.807, 2.05) is 0 Å². The molecule has 89 heavy (non-hydrogen) atoms. The van der Waals surface area contributed by atoms with Crippen molar-refractivity contribution in [3.8, 4) is 0 Å². The van der Waals surface area contributed by atoms with Gasteiger partial charge in [-0.1, -0.05) is 83.9 Å². The Morgan fingerprint density at radius 2 is 0.921 bits per heavy atom. The highest BCUT2D eigenvalue weighted by Crippen LogP contribution is 2.25. The van der Waals surface area contributed by atoms with Crippen molar-refractivity contribution in [3.05, 3.63) is 259 Å². The largest absolute Gasteiger partial charge is 0.478 e. The van der Waals surface area contributed by atoms with E-state index in [2.05, 4.69) is 46.7 Å². The number of ether oxygens (including phenoxy) is 1. The van der Waals surface area contributed by atoms with Crippen LogP contribution in [0.3, 0.4) is 0 Å². The van der Waals surface area contributed by atoms with Crippen molar-refractivity contribution in [1.82, 2.24) is 45.1 Å². The van der Waals surface area contributed by atoms with Gasteiger partial charge in [-0.3, -0.25) is 28.8 Å². The Hall–Kier alpha value is -11.2. The normalized spacial score (nSPS) is 10.8. The number of amides is 5. The maximum atomic E-state index is 13.7. The number of carbonyl (C=O) groups excluding carboxylic acids is 7. The van der Waals surface area contributed by atoms with Crippen molar-refractivity contribution >= 4 is 93.1 Å². The number of fused-ring (bicyclic) bond motifs is 2. The van der Waals surface area contributed by atoms with E-state index in [9.17, 15) is 55.9 Å². The maximum Gasteiger partial charge on any atom is 0.337 e. The smallest absolute Gasteiger partial charge is 0.337 e. The lowest BCUT2D eigenvalue weighted by atomic mass is 10.0. The van der Waals surface area contributed by atoms with Crippen molar-refractivity contribution in [2.24, 2.45) is 0 Å². The van der Waals surface area contributed by atoms with E-state index in [4.69, 9.17) is 33.0 Å². The van der Waals surface area contributed by atoms with Crippen LogP contribution >= 0.6 is 23.2 Å². The molecule has 0 saturated heterocycles. The number of ketones is 1. The van der Waals surface area contributed by atoms with Gasteiger partial charge >= 0.3 is 11.9 Å². The number of carboxylic acid groups (broad SMARTS) is 1. The molecule has 0 saturated carbocycles. The van der Waals surface area contributed by atoms with E-state index in [0.717, 1.165) is 33.3 Å². The quantitative estimate of drug-likeness (QED) is 0.0250. The van der Waals surface area contributed by atoms with Crippen LogP contribution in [0.15, 0.2) is 158 Å². The number of esters is 1. The second-order valence-corrected chi connectivity index (χ2v) is 20.0. The van der Waals surface area contributed by atoms with Crippen molar-refractivity contribution in [2.75, 3.05) is 17.7 Å². The molecule has 450 valence electrons. The first-order chi connectivity index (χ1) is 42.7. The van der Waals surface area contributed by atoms with Gasteiger partial charge in [-0.15, -0.1) is 0 Å². The van der Waals surface area contributed by atoms with Crippen molar-refractivity contribution in [1.29, 1.82) is 0 Å². The molecule has 0 fully saturated rings. The molecule has 4 heterocycles. The summed E-state index contributed by atoms with van der Waals surface area (Å²) in [5, 5.41) is 31.2. The second-order valence-electron chi connectivity index (χ2n) is 19.2. The fraction of sp³-hybridized carbons (Fsp3) is 0.0968. The zero-order valence-corrected chi connectivity index (χ0v) is 47.6. The van der Waals surface area contributed by atoms with Gasteiger partial charge in [-0.25, -0.2) is 46.1 Å². The fourth-order valence-electron chi connectivity index (χ4n) is 8.54. The summed E-state index contributed by atoms with van der Waals surface area (Å²) in [6, 6.07) is 34.3. The Bertz CT molecular complexity index is 4430. The van der Waals surface area contributed by atoms with Gasteiger partial charge in [0.05, 0.1) is 52.1 Å². The average Bonchev–Trinajstić information content (AvgIpc) is 2.00. The van der Waals surface area contributed by atoms with E-state index in [-0.39, 0.29) is 104 Å². The molecule has 21 nitrogen and oxygen atoms in total. The number of aryl methyl sites for hydroxylation is 1. The van der Waals surface area contributed by atoms with Crippen molar-refractivity contribution in [2.45, 2.75) is 32.5 Å². The number of carboxylic acids is 1. The Morgan fingerprint density at radius 3 is 1.39 bits per heavy atom. The Balaban J connectivity index is 0.000000211. The van der Waals surface area contributed by atoms with E-state index in [0.29, 0.717) is 28.1 Å². The van der Waals surface area contributed by atoms with Gasteiger partial charge in [0.2, 0.25) is 0 Å². The highest BCUT2D eigenvalue weighted by molar-refractivity contribution is 6.34. The summed E-state index contributed by atoms with van der Waals surface area (Å²) in [6.07, 6.45) is 2.61. The molecule has 10 aromatic rings. The van der Waals surface area contributed by atoms with E-state index >= 15 is 0 Å². The third-order valence-electron chi connectivity index (χ3n) is 13.2. The number of methoxy groups -OCH3 is 1. The highest BCUT2D eigenvalue weighted by Gasteiger charge is 2.26. The predicted octanol–water partition coefficient (Wildman–Crippen LogP) is 9.92. The first-order valence-corrected chi connectivity index (χ1v) is 27.1. The number of aromatic carboxylic acids is 1. The molecule has 10 rings (SSSR count). The first kappa shape index (κ1) is 62.4. The lowest BCUT2D eigenvalue weighted by Crippen LogP contribution is -2.28. The highest BCUT2D eigenvalue weighted by atomic mass is 35.5. The second kappa shape index (κ2) is 27.9. The molecule has 0 bridgehead atoms. The number of nitrogens with zero attached hydrogens (tertiary/aromatic N) is 6. The molecule has 0 spiro atoms. The molecule has 6 N–H and O–H groups in total. The van der Waals surface area contributed by atoms with Crippen LogP contribution in [0.5, 0.6) is 0 Å². The van der Waals surface area contributed by atoms with Gasteiger partial charge in [0.1, 0.15) is 33.9 Å². The molecule has 0 aliphatic rings. The molecule has 0 radical (unpaired) electrons. The number of hydrogen-bond donors (Lipinski definition) is 6. The van der Waals surface area contributed by atoms with Crippen LogP contribution in [0.4, 0.5) is 28.9 Å². The number of anilines is 2. The van der Waals surface area contributed by atoms with Crippen LogP contribution < -0.4 is 26.6 Å². The molecule has 0 unspecified atom stereocenters. The third-order valence-corrected chi connectivity index (χ3v) is 13.9. The standard InChI is InChI=1S/C31H23ClF2N6O5.C31H22ClF2N5O5/c1-45-31(44)19-9-6-17(7-10-19)14-36-30(43)26-13-25(29(42)35-15-18-8-11-22(33)23(34)12-18)38-27-20(16-37-40(26)27)28(41)39-24-5-3-2-4-21(24)32;32-21-3-1-2-4-24(21)38-29(41)20-16-36-39-26(27(40)12-8-17-5-9-19(10-6-17)31(43)44)14-25(37-28(20)39)30(42)35-15-18-7-11-22(33)23(34)13-18/h2-13,16H,14-15H2,1H3,(H,35,42)(H,36,43)(H,39,41);1-7,9-11,13-14,16H,8,12,15H2,(H,35,42)(H,38,41)(H,43,44). The minimum Gasteiger partial charge on any atom is -0.478 e. The van der Waals surface area contributed by atoms with E-state index in [1.165, 1.54) is 55.9 Å². The number of rotatable bonds is 19. The fourth-order valence-corrected chi connectivity index (χ4v) is 8.90. The Morgan fingerprint density at radius 1 is 0.494 bits per heavy atom. The predicted molar refractivity (Wildman–Crippen MR) is 315 cm³/mol. The number of Topliss-reactive ketones (excluding diaryl/α,β-unsaturated/α-hetero) is 1. The SMILES string of the molecule is COC(=O)c1ccc(CNC(=O)c2cc(C(=O)NCc3ccc(F)c(F)c3)nc3c(C(=O)Nc4ccccc4Cl)cnn23)cc1.O=C(O)c1ccc(CCC(=O)c2cc(C(=O)NCc3ccc(F)c(F)c3)nc3c(C(=O)Nc4ccccc4Cl)cnn23)cc1. The van der Waals surface area contributed by atoms with Gasteiger partial charge in [-0.05, 0) is 108 Å². The molecule has 0 aliphatic heterocycles. The van der Waals surface area contributed by atoms with Crippen LogP contribution in [0.2, 0.25) is 10.0 Å². The minimum absolute atomic E-state index is 0.0353. The maximum absolute atomic E-state index is 13.7. The lowest BCUT2D eigenvalue weighted by molar-refractivity contribution is 0.0599. The van der Waals surface area contributed by atoms with Crippen molar-refractivity contribution in [3.63, 3.8) is 0 Å². The summed E-state index contributed by atoms with van der Waals surface area (Å²) < 4.78 is 60.9. The van der Waals surface area contributed by atoms with Gasteiger partial charge in [0, 0.05) is 32.1 Å². The summed E-state index contributed by atoms with van der Waals surface area (Å²) in [7, 11) is 1.27. The summed E-state index contributed by atoms with van der Waals surface area (Å²) >= 11 is 12.4. The topological polar surface area (TPSA) is 287 Å². The van der Waals surface area contributed by atoms with Crippen LogP contribution in [0.1, 0.15) is 112 Å². The molecular weight excluding hydrogens is 1210 g/mol. The molecule has 4 aromatic heterocycles. The molecule has 5 amide bonds. The number of halogens is 6. The van der Waals surface area contributed by atoms with Gasteiger partial charge < -0.3 is 36.4 Å². The third kappa shape index (κ3) is 15.1. The number of aromatic nitrogens is 6. The zero-order chi connectivity index (χ0) is 63.5. The lowest BCUT2D eigenvalue weighted by Gasteiger charge is -2.11. The van der Waals surface area contributed by atoms with Crippen molar-refractivity contribution < 1.29 is 65.8 Å². The molecular formula is C62H45Cl2F4N11O10. The van der Waals surface area contributed by atoms with Crippen LogP contribution in [0.25, 0.3) is 11.3 Å². The molecule has 6 aromatic carbocycles. The van der Waals surface area contributed by atoms with E-state index in [1.54, 1.807) is 84.9 Å². The van der Waals surface area contributed by atoms with Crippen LogP contribution in [-0.2, 0) is 30.8 Å². The minimum atomic E-state index is -1.08. The summed E-state index contributed by atoms with van der Waals surface area (Å²) in [6.45, 7) is -0.300. The molecule has 0 atom stereocenters. The summed E-state index contributed by atoms with van der Waals surface area (Å²) in [5.41, 5.74) is 2.10. The number of nitrogens with one attached hydrogen (secondary N) is 5. The zero-order valence-electron chi connectivity index (χ0n) is 46.1. The van der Waals surface area contributed by atoms with Gasteiger partial charge in [0.15, 0.2) is 40.3 Å². The first-order valence-electron chi connectivity index (χ1n) is 26.4. The van der Waals surface area contributed by atoms with E-state index < -0.39 is 70.5 Å². The van der Waals surface area contributed by atoms with Crippen LogP contribution in [-0.4, -0.2) is 88.7 Å². The average molecular weight is 1250 g/mol.